The molecule has 4 N–H and O–H groups in total. The Kier molecular flexibility index (Phi) is 2.53. The highest BCUT2D eigenvalue weighted by Crippen LogP contribution is 2.30. The van der Waals surface area contributed by atoms with E-state index in [9.17, 15) is 18.6 Å². The zero-order valence-electron chi connectivity index (χ0n) is 9.98. The van der Waals surface area contributed by atoms with E-state index in [1.807, 2.05) is 0 Å². The van der Waals surface area contributed by atoms with Crippen LogP contribution in [-0.2, 0) is 10.0 Å². The molecule has 0 aliphatic heterocycles. The van der Waals surface area contributed by atoms with Crippen LogP contribution in [-0.4, -0.2) is 28.6 Å². The van der Waals surface area contributed by atoms with Crippen molar-refractivity contribution in [2.75, 3.05) is 0 Å². The molecule has 0 atom stereocenters. The van der Waals surface area contributed by atoms with Crippen LogP contribution in [0.3, 0.4) is 0 Å². The van der Waals surface area contributed by atoms with Gasteiger partial charge in [0.2, 0.25) is 10.0 Å². The molecule has 0 spiro atoms. The maximum absolute atomic E-state index is 11.6. The molecule has 0 saturated carbocycles. The first-order valence-corrected chi connectivity index (χ1v) is 7.07. The highest BCUT2D eigenvalue weighted by molar-refractivity contribution is 7.89. The molecule has 7 nitrogen and oxygen atoms in total. The molecule has 0 aliphatic rings. The number of hydrogen-bond acceptors (Lipinski definition) is 6. The lowest BCUT2D eigenvalue weighted by Crippen LogP contribution is -2.12. The minimum absolute atomic E-state index is 0.0359. The normalized spacial score (nSPS) is 12.1. The fourth-order valence-electron chi connectivity index (χ4n) is 2.08. The van der Waals surface area contributed by atoms with Crippen LogP contribution in [0.2, 0.25) is 0 Å². The molecule has 0 fully saturated rings. The molecular weight excluding hydrogens is 282 g/mol. The third-order valence-electron chi connectivity index (χ3n) is 2.92. The van der Waals surface area contributed by atoms with Crippen molar-refractivity contribution >= 4 is 31.8 Å². The number of fused-ring (bicyclic) bond motifs is 3. The van der Waals surface area contributed by atoms with E-state index < -0.39 is 21.8 Å². The fraction of sp³-hybridized carbons (Fsp3) is 0. The second-order valence-electron chi connectivity index (χ2n) is 4.20. The smallest absolute Gasteiger partial charge is 0.276 e. The summed E-state index contributed by atoms with van der Waals surface area (Å²) in [5.74, 6) is -1.20. The van der Waals surface area contributed by atoms with Crippen LogP contribution in [0.1, 0.15) is 0 Å². The van der Waals surface area contributed by atoms with E-state index in [4.69, 9.17) is 5.14 Å². The number of benzene rings is 2. The van der Waals surface area contributed by atoms with Gasteiger partial charge < -0.3 is 10.2 Å². The van der Waals surface area contributed by atoms with Gasteiger partial charge in [-0.15, -0.1) is 0 Å². The lowest BCUT2D eigenvalue weighted by molar-refractivity contribution is 0.378. The second kappa shape index (κ2) is 4.02. The third kappa shape index (κ3) is 1.82. The van der Waals surface area contributed by atoms with Crippen LogP contribution in [0.4, 0.5) is 0 Å². The number of nitrogens with two attached hydrogens (primary N) is 1. The molecule has 0 bridgehead atoms. The first-order chi connectivity index (χ1) is 9.38. The Bertz CT molecular complexity index is 954. The summed E-state index contributed by atoms with van der Waals surface area (Å²) in [5.41, 5.74) is 0.614. The Labute approximate surface area is 113 Å². The Balaban J connectivity index is 2.53. The van der Waals surface area contributed by atoms with Crippen molar-refractivity contribution < 1.29 is 18.6 Å². The molecule has 0 unspecified atom stereocenters. The van der Waals surface area contributed by atoms with E-state index in [1.165, 1.54) is 24.3 Å². The van der Waals surface area contributed by atoms with Gasteiger partial charge in [0.25, 0.3) is 11.8 Å². The quantitative estimate of drug-likeness (QED) is 0.570. The van der Waals surface area contributed by atoms with Crippen LogP contribution in [0.15, 0.2) is 35.2 Å². The van der Waals surface area contributed by atoms with E-state index in [2.05, 4.69) is 9.97 Å². The number of rotatable bonds is 1. The maximum atomic E-state index is 11.6. The van der Waals surface area contributed by atoms with Gasteiger partial charge in [-0.25, -0.2) is 23.5 Å². The minimum atomic E-state index is -3.88. The molecule has 20 heavy (non-hydrogen) atoms. The van der Waals surface area contributed by atoms with Crippen LogP contribution in [0, 0.1) is 0 Å². The van der Waals surface area contributed by atoms with Crippen molar-refractivity contribution in [1.82, 2.24) is 9.97 Å². The van der Waals surface area contributed by atoms with Crippen LogP contribution >= 0.6 is 0 Å². The average Bonchev–Trinajstić information content (AvgIpc) is 2.38. The summed E-state index contributed by atoms with van der Waals surface area (Å²) in [6, 6.07) is 7.57. The van der Waals surface area contributed by atoms with Gasteiger partial charge in [0.05, 0.1) is 10.4 Å². The average molecular weight is 291 g/mol. The van der Waals surface area contributed by atoms with Crippen molar-refractivity contribution in [3.05, 3.63) is 30.3 Å². The van der Waals surface area contributed by atoms with Crippen molar-refractivity contribution in [2.24, 2.45) is 5.14 Å². The Morgan fingerprint density at radius 2 is 1.65 bits per heavy atom. The van der Waals surface area contributed by atoms with E-state index in [-0.39, 0.29) is 10.4 Å². The Morgan fingerprint density at radius 3 is 2.35 bits per heavy atom. The molecule has 1 heterocycles. The van der Waals surface area contributed by atoms with Crippen molar-refractivity contribution in [2.45, 2.75) is 4.90 Å². The molecule has 8 heteroatoms. The van der Waals surface area contributed by atoms with Crippen LogP contribution < -0.4 is 5.14 Å². The van der Waals surface area contributed by atoms with Gasteiger partial charge in [-0.2, -0.15) is 0 Å². The number of aromatic hydroxyl groups is 2. The lowest BCUT2D eigenvalue weighted by Gasteiger charge is -2.07. The van der Waals surface area contributed by atoms with Gasteiger partial charge in [-0.1, -0.05) is 18.2 Å². The predicted molar refractivity (Wildman–Crippen MR) is 71.7 cm³/mol. The third-order valence-corrected chi connectivity index (χ3v) is 3.89. The van der Waals surface area contributed by atoms with Gasteiger partial charge in [0, 0.05) is 10.8 Å². The van der Waals surface area contributed by atoms with Crippen molar-refractivity contribution in [1.29, 1.82) is 0 Å². The largest absolute Gasteiger partial charge is 0.489 e. The Hall–Kier alpha value is -2.45. The van der Waals surface area contributed by atoms with Crippen LogP contribution in [0.25, 0.3) is 21.8 Å². The minimum Gasteiger partial charge on any atom is -0.489 e. The molecule has 1 aromatic heterocycles. The summed E-state index contributed by atoms with van der Waals surface area (Å²) >= 11 is 0. The van der Waals surface area contributed by atoms with Gasteiger partial charge in [-0.05, 0) is 12.1 Å². The van der Waals surface area contributed by atoms with Crippen molar-refractivity contribution in [3.63, 3.8) is 0 Å². The number of aromatic nitrogens is 2. The van der Waals surface area contributed by atoms with Crippen molar-refractivity contribution in [3.8, 4) is 11.8 Å². The number of primary sulfonamides is 1. The standard InChI is InChI=1S/C12H9N3O4S/c13-20(18,19)9-3-1-2-7-6(9)4-5-8-10(7)15-12(17)11(16)14-8/h1-5H,(H,14,16)(H,15,17)(H2,13,18,19). The summed E-state index contributed by atoms with van der Waals surface area (Å²) in [6.45, 7) is 0. The molecule has 102 valence electrons. The fourth-order valence-corrected chi connectivity index (χ4v) is 2.83. The first-order valence-electron chi connectivity index (χ1n) is 5.52. The second-order valence-corrected chi connectivity index (χ2v) is 5.73. The molecule has 0 radical (unpaired) electrons. The topological polar surface area (TPSA) is 126 Å². The summed E-state index contributed by atoms with van der Waals surface area (Å²) in [7, 11) is -3.88. The summed E-state index contributed by atoms with van der Waals surface area (Å²) in [5, 5.41) is 24.8. The molecular formula is C12H9N3O4S. The first kappa shape index (κ1) is 12.6. The molecule has 0 saturated heterocycles. The predicted octanol–water partition coefficient (Wildman–Crippen LogP) is 0.842. The molecule has 0 aliphatic carbocycles. The Morgan fingerprint density at radius 1 is 0.950 bits per heavy atom. The molecule has 2 aromatic carbocycles. The maximum Gasteiger partial charge on any atom is 0.276 e. The highest BCUT2D eigenvalue weighted by atomic mass is 32.2. The molecule has 3 aromatic rings. The van der Waals surface area contributed by atoms with E-state index in [0.717, 1.165) is 0 Å². The zero-order valence-corrected chi connectivity index (χ0v) is 10.8. The van der Waals surface area contributed by atoms with E-state index in [1.54, 1.807) is 6.07 Å². The van der Waals surface area contributed by atoms with Gasteiger partial charge in [0.1, 0.15) is 5.52 Å². The van der Waals surface area contributed by atoms with E-state index in [0.29, 0.717) is 16.3 Å². The van der Waals surface area contributed by atoms with Gasteiger partial charge >= 0.3 is 0 Å². The zero-order chi connectivity index (χ0) is 14.5. The SMILES string of the molecule is NS(=O)(=O)c1cccc2c1ccc1nc(O)c(O)nc12. The van der Waals surface area contributed by atoms with Gasteiger partial charge in [0.15, 0.2) is 0 Å². The summed E-state index contributed by atoms with van der Waals surface area (Å²) < 4.78 is 23.1. The molecule has 3 rings (SSSR count). The van der Waals surface area contributed by atoms with Gasteiger partial charge in [-0.3, -0.25) is 0 Å². The summed E-state index contributed by atoms with van der Waals surface area (Å²) in [4.78, 5) is 7.58. The molecule has 0 amide bonds. The number of nitrogens with zero attached hydrogens (tertiary/aromatic N) is 2. The number of sulfonamides is 1. The highest BCUT2D eigenvalue weighted by Gasteiger charge is 2.15. The number of hydrogen-bond donors (Lipinski definition) is 3. The monoisotopic (exact) mass is 291 g/mol. The summed E-state index contributed by atoms with van der Waals surface area (Å²) in [6.07, 6.45) is 0. The van der Waals surface area contributed by atoms with Crippen LogP contribution in [0.5, 0.6) is 11.8 Å². The van der Waals surface area contributed by atoms with E-state index >= 15 is 0 Å². The lowest BCUT2D eigenvalue weighted by atomic mass is 10.1.